The van der Waals surface area contributed by atoms with Crippen molar-refractivity contribution in [1.29, 1.82) is 0 Å². The molecule has 0 aromatic heterocycles. The summed E-state index contributed by atoms with van der Waals surface area (Å²) in [6.07, 6.45) is 0. The molecule has 0 aliphatic carbocycles. The Bertz CT molecular complexity index is 951. The van der Waals surface area contributed by atoms with Crippen LogP contribution in [0.25, 0.3) is 0 Å². The molecule has 0 saturated heterocycles. The minimum absolute atomic E-state index is 0.236. The lowest BCUT2D eigenvalue weighted by atomic mass is 10.1. The Morgan fingerprint density at radius 3 is 2.44 bits per heavy atom. The Morgan fingerprint density at radius 2 is 1.78 bits per heavy atom. The molecule has 0 spiro atoms. The van der Waals surface area contributed by atoms with E-state index in [-0.39, 0.29) is 17.9 Å². The van der Waals surface area contributed by atoms with E-state index in [0.29, 0.717) is 11.3 Å². The van der Waals surface area contributed by atoms with Crippen molar-refractivity contribution < 1.29 is 22.7 Å². The molecule has 144 valence electrons. The zero-order chi connectivity index (χ0) is 20.0. The normalized spacial score (nSPS) is 11.1. The third-order valence-electron chi connectivity index (χ3n) is 3.97. The van der Waals surface area contributed by atoms with Crippen molar-refractivity contribution in [1.82, 2.24) is 0 Å². The Labute approximate surface area is 159 Å². The van der Waals surface area contributed by atoms with Crippen molar-refractivity contribution in [2.45, 2.75) is 26.5 Å². The Balaban J connectivity index is 2.03. The predicted octanol–water partition coefficient (Wildman–Crippen LogP) is 3.03. The van der Waals surface area contributed by atoms with Gasteiger partial charge in [-0.1, -0.05) is 18.2 Å². The largest absolute Gasteiger partial charge is 0.462 e. The highest BCUT2D eigenvalue weighted by atomic mass is 32.2. The van der Waals surface area contributed by atoms with Crippen LogP contribution >= 0.6 is 0 Å². The molecule has 2 rings (SSSR count). The van der Waals surface area contributed by atoms with Gasteiger partial charge < -0.3 is 10.1 Å². The average molecular weight is 389 g/mol. The Kier molecular flexibility index (Phi) is 6.74. The van der Waals surface area contributed by atoms with Crippen LogP contribution in [0.15, 0.2) is 42.5 Å². The molecular formula is C20H23NO5S. The van der Waals surface area contributed by atoms with Gasteiger partial charge in [-0.25, -0.2) is 13.2 Å². The van der Waals surface area contributed by atoms with Crippen LogP contribution in [-0.4, -0.2) is 32.7 Å². The summed E-state index contributed by atoms with van der Waals surface area (Å²) in [5, 5.41) is 2.61. The van der Waals surface area contributed by atoms with Gasteiger partial charge in [0.15, 0.2) is 9.84 Å². The van der Waals surface area contributed by atoms with Gasteiger partial charge in [0.1, 0.15) is 5.75 Å². The molecule has 0 aliphatic rings. The molecule has 6 nitrogen and oxygen atoms in total. The molecule has 7 heteroatoms. The monoisotopic (exact) mass is 389 g/mol. The van der Waals surface area contributed by atoms with Gasteiger partial charge in [-0.2, -0.15) is 0 Å². The minimum atomic E-state index is -3.69. The number of aryl methyl sites for hydroxylation is 2. The van der Waals surface area contributed by atoms with Crippen LogP contribution in [0.1, 0.15) is 34.0 Å². The van der Waals surface area contributed by atoms with Crippen molar-refractivity contribution in [2.24, 2.45) is 0 Å². The zero-order valence-electron chi connectivity index (χ0n) is 15.6. The number of amides is 1. The second-order valence-corrected chi connectivity index (χ2v) is 8.36. The van der Waals surface area contributed by atoms with Gasteiger partial charge in [0.2, 0.25) is 5.91 Å². The van der Waals surface area contributed by atoms with E-state index >= 15 is 0 Å². The number of carbonyl (C=O) groups excluding carboxylic acids is 2. The van der Waals surface area contributed by atoms with Gasteiger partial charge in [-0.3, -0.25) is 4.79 Å². The lowest BCUT2D eigenvalue weighted by Crippen LogP contribution is -2.24. The molecule has 2 aromatic carbocycles. The van der Waals surface area contributed by atoms with Gasteiger partial charge in [0.05, 0.1) is 17.9 Å². The highest BCUT2D eigenvalue weighted by Crippen LogP contribution is 2.15. The van der Waals surface area contributed by atoms with Crippen LogP contribution in [0.2, 0.25) is 0 Å². The molecule has 1 N–H and O–H groups in total. The number of rotatable bonds is 7. The first-order valence-corrected chi connectivity index (χ1v) is 10.4. The van der Waals surface area contributed by atoms with E-state index in [0.717, 1.165) is 11.1 Å². The summed E-state index contributed by atoms with van der Waals surface area (Å²) >= 11 is 0. The lowest BCUT2D eigenvalue weighted by molar-refractivity contribution is -0.113. The molecule has 1 amide bonds. The molecule has 0 heterocycles. The molecule has 0 radical (unpaired) electrons. The summed E-state index contributed by atoms with van der Waals surface area (Å²) in [5.41, 5.74) is 3.36. The number of sulfone groups is 1. The van der Waals surface area contributed by atoms with Crippen molar-refractivity contribution in [3.8, 4) is 0 Å². The Hall–Kier alpha value is -2.67. The fourth-order valence-corrected chi connectivity index (χ4v) is 3.78. The number of benzene rings is 2. The standard InChI is InChI=1S/C20H23NO5S/c1-4-26-20(23)17-7-5-6-16(11-17)12-27(24,25)13-19(22)21-18-9-8-14(2)15(3)10-18/h5-11H,4,12-13H2,1-3H3,(H,21,22). The van der Waals surface area contributed by atoms with Crippen LogP contribution < -0.4 is 5.32 Å². The zero-order valence-corrected chi connectivity index (χ0v) is 16.4. The van der Waals surface area contributed by atoms with E-state index in [4.69, 9.17) is 4.74 Å². The molecule has 2 aromatic rings. The predicted molar refractivity (Wildman–Crippen MR) is 104 cm³/mol. The maximum absolute atomic E-state index is 12.4. The third-order valence-corrected chi connectivity index (χ3v) is 5.44. The molecule has 0 unspecified atom stereocenters. The quantitative estimate of drug-likeness (QED) is 0.735. The van der Waals surface area contributed by atoms with E-state index in [1.165, 1.54) is 6.07 Å². The Morgan fingerprint density at radius 1 is 1.04 bits per heavy atom. The van der Waals surface area contributed by atoms with E-state index < -0.39 is 27.5 Å². The van der Waals surface area contributed by atoms with Crippen LogP contribution in [0.5, 0.6) is 0 Å². The summed E-state index contributed by atoms with van der Waals surface area (Å²) in [5.74, 6) is -2.08. The number of ether oxygens (including phenoxy) is 1. The van der Waals surface area contributed by atoms with Gasteiger partial charge in [-0.05, 0) is 61.7 Å². The van der Waals surface area contributed by atoms with Crippen LogP contribution in [0.4, 0.5) is 5.69 Å². The van der Waals surface area contributed by atoms with Crippen molar-refractivity contribution >= 4 is 27.4 Å². The van der Waals surface area contributed by atoms with Crippen molar-refractivity contribution in [3.63, 3.8) is 0 Å². The molecule has 0 atom stereocenters. The molecule has 27 heavy (non-hydrogen) atoms. The number of hydrogen-bond donors (Lipinski definition) is 1. The number of carbonyl (C=O) groups is 2. The van der Waals surface area contributed by atoms with Gasteiger partial charge in [-0.15, -0.1) is 0 Å². The first-order valence-electron chi connectivity index (χ1n) is 8.54. The number of nitrogens with one attached hydrogen (secondary N) is 1. The second kappa shape index (κ2) is 8.81. The number of anilines is 1. The topological polar surface area (TPSA) is 89.5 Å². The minimum Gasteiger partial charge on any atom is -0.462 e. The highest BCUT2D eigenvalue weighted by molar-refractivity contribution is 7.91. The highest BCUT2D eigenvalue weighted by Gasteiger charge is 2.19. The summed E-state index contributed by atoms with van der Waals surface area (Å²) < 4.78 is 29.6. The summed E-state index contributed by atoms with van der Waals surface area (Å²) in [6.45, 7) is 5.80. The van der Waals surface area contributed by atoms with Crippen LogP contribution in [0.3, 0.4) is 0 Å². The summed E-state index contributed by atoms with van der Waals surface area (Å²) in [7, 11) is -3.69. The van der Waals surface area contributed by atoms with Gasteiger partial charge in [0.25, 0.3) is 0 Å². The smallest absolute Gasteiger partial charge is 0.338 e. The number of esters is 1. The summed E-state index contributed by atoms with van der Waals surface area (Å²) in [6, 6.07) is 11.6. The van der Waals surface area contributed by atoms with Crippen LogP contribution in [-0.2, 0) is 25.1 Å². The van der Waals surface area contributed by atoms with E-state index in [9.17, 15) is 18.0 Å². The average Bonchev–Trinajstić information content (AvgIpc) is 2.57. The van der Waals surface area contributed by atoms with E-state index in [1.54, 1.807) is 37.3 Å². The fourth-order valence-electron chi connectivity index (χ4n) is 2.52. The fraction of sp³-hybridized carbons (Fsp3) is 0.300. The first-order chi connectivity index (χ1) is 12.7. The first kappa shape index (κ1) is 20.6. The molecule has 0 bridgehead atoms. The molecular weight excluding hydrogens is 366 g/mol. The van der Waals surface area contributed by atoms with Crippen molar-refractivity contribution in [3.05, 3.63) is 64.7 Å². The molecule has 0 saturated carbocycles. The molecule has 0 fully saturated rings. The summed E-state index contributed by atoms with van der Waals surface area (Å²) in [4.78, 5) is 23.9. The SMILES string of the molecule is CCOC(=O)c1cccc(CS(=O)(=O)CC(=O)Nc2ccc(C)c(C)c2)c1. The third kappa shape index (κ3) is 6.21. The maximum atomic E-state index is 12.4. The van der Waals surface area contributed by atoms with E-state index in [2.05, 4.69) is 5.32 Å². The second-order valence-electron chi connectivity index (χ2n) is 6.30. The van der Waals surface area contributed by atoms with Gasteiger partial charge in [0, 0.05) is 5.69 Å². The number of hydrogen-bond acceptors (Lipinski definition) is 5. The van der Waals surface area contributed by atoms with Gasteiger partial charge >= 0.3 is 5.97 Å². The maximum Gasteiger partial charge on any atom is 0.338 e. The van der Waals surface area contributed by atoms with Crippen LogP contribution in [0, 0.1) is 13.8 Å². The molecule has 0 aliphatic heterocycles. The van der Waals surface area contributed by atoms with E-state index in [1.807, 2.05) is 19.9 Å². The van der Waals surface area contributed by atoms with Crippen molar-refractivity contribution in [2.75, 3.05) is 17.7 Å². The lowest BCUT2D eigenvalue weighted by Gasteiger charge is -2.09.